The maximum absolute atomic E-state index is 13.7. The highest BCUT2D eigenvalue weighted by Gasteiger charge is 2.16. The zero-order valence-corrected chi connectivity index (χ0v) is 14.3. The summed E-state index contributed by atoms with van der Waals surface area (Å²) in [5, 5.41) is 9.27. The summed E-state index contributed by atoms with van der Waals surface area (Å²) in [4.78, 5) is 24.5. The Morgan fingerprint density at radius 2 is 1.78 bits per heavy atom. The van der Waals surface area contributed by atoms with Crippen LogP contribution >= 0.6 is 0 Å². The Morgan fingerprint density at radius 3 is 2.44 bits per heavy atom. The second-order valence-corrected chi connectivity index (χ2v) is 5.81. The number of hydrogen-bond acceptors (Lipinski definition) is 3. The van der Waals surface area contributed by atoms with E-state index in [0.717, 1.165) is 12.1 Å². The molecule has 0 saturated carbocycles. The van der Waals surface area contributed by atoms with Gasteiger partial charge in [-0.05, 0) is 43.3 Å². The summed E-state index contributed by atoms with van der Waals surface area (Å²) in [7, 11) is 0. The van der Waals surface area contributed by atoms with Crippen molar-refractivity contribution in [2.75, 3.05) is 10.6 Å². The Balaban J connectivity index is 1.70. The van der Waals surface area contributed by atoms with Crippen molar-refractivity contribution in [3.05, 3.63) is 78.1 Å². The molecule has 1 atom stereocenters. The van der Waals surface area contributed by atoms with E-state index in [4.69, 9.17) is 0 Å². The van der Waals surface area contributed by atoms with E-state index < -0.39 is 23.6 Å². The fourth-order valence-electron chi connectivity index (χ4n) is 2.42. The van der Waals surface area contributed by atoms with Crippen LogP contribution in [0.1, 0.15) is 23.3 Å². The normalized spacial score (nSPS) is 11.7. The fraction of sp³-hybridized carbons (Fsp3) is 0.105. The second kappa shape index (κ2) is 7.77. The van der Waals surface area contributed by atoms with Gasteiger partial charge in [0.2, 0.25) is 5.91 Å². The third-order valence-corrected chi connectivity index (χ3v) is 3.86. The van der Waals surface area contributed by atoms with Crippen LogP contribution in [0.4, 0.5) is 20.2 Å². The van der Waals surface area contributed by atoms with Gasteiger partial charge in [0.25, 0.3) is 5.91 Å². The van der Waals surface area contributed by atoms with E-state index in [1.165, 1.54) is 10.7 Å². The van der Waals surface area contributed by atoms with Gasteiger partial charge in [-0.15, -0.1) is 0 Å². The number of anilines is 2. The van der Waals surface area contributed by atoms with Crippen LogP contribution in [0.5, 0.6) is 0 Å². The monoisotopic (exact) mass is 370 g/mol. The van der Waals surface area contributed by atoms with Crippen LogP contribution in [-0.4, -0.2) is 21.6 Å². The molecule has 0 aliphatic rings. The predicted molar refractivity (Wildman–Crippen MR) is 96.3 cm³/mol. The number of carbonyl (C=O) groups excluding carboxylic acids is 2. The smallest absolute Gasteiger partial charge is 0.258 e. The summed E-state index contributed by atoms with van der Waals surface area (Å²) >= 11 is 0. The molecule has 0 bridgehead atoms. The molecule has 0 aliphatic carbocycles. The fourth-order valence-corrected chi connectivity index (χ4v) is 2.42. The minimum atomic E-state index is -0.954. The second-order valence-electron chi connectivity index (χ2n) is 5.81. The highest BCUT2D eigenvalue weighted by atomic mass is 19.1. The first-order valence-electron chi connectivity index (χ1n) is 8.10. The van der Waals surface area contributed by atoms with Crippen LogP contribution in [0.15, 0.2) is 60.9 Å². The van der Waals surface area contributed by atoms with Crippen LogP contribution in [-0.2, 0) is 4.79 Å². The number of nitrogens with one attached hydrogen (secondary N) is 2. The molecule has 2 N–H and O–H groups in total. The lowest BCUT2D eigenvalue weighted by Gasteiger charge is -2.13. The lowest BCUT2D eigenvalue weighted by molar-refractivity contribution is -0.119. The number of nitrogens with zero attached hydrogens (tertiary/aromatic N) is 2. The highest BCUT2D eigenvalue weighted by molar-refractivity contribution is 6.05. The number of carbonyl (C=O) groups is 2. The summed E-state index contributed by atoms with van der Waals surface area (Å²) in [5.41, 5.74) is 0.530. The SMILES string of the molecule is C[C@@H](C(=O)Nc1cccc(NC(=O)c2ccc(F)cc2F)c1)n1cccn1. The van der Waals surface area contributed by atoms with Crippen molar-refractivity contribution in [2.24, 2.45) is 0 Å². The molecule has 2 amide bonds. The highest BCUT2D eigenvalue weighted by Crippen LogP contribution is 2.18. The minimum absolute atomic E-state index is 0.279. The Kier molecular flexibility index (Phi) is 5.25. The molecule has 27 heavy (non-hydrogen) atoms. The van der Waals surface area contributed by atoms with Crippen molar-refractivity contribution in [1.29, 1.82) is 0 Å². The quantitative estimate of drug-likeness (QED) is 0.720. The van der Waals surface area contributed by atoms with E-state index in [1.807, 2.05) is 0 Å². The van der Waals surface area contributed by atoms with Crippen molar-refractivity contribution >= 4 is 23.2 Å². The Bertz CT molecular complexity index is 974. The van der Waals surface area contributed by atoms with Gasteiger partial charge < -0.3 is 10.6 Å². The molecule has 6 nitrogen and oxygen atoms in total. The molecule has 1 aromatic heterocycles. The minimum Gasteiger partial charge on any atom is -0.324 e. The van der Waals surface area contributed by atoms with Gasteiger partial charge in [0, 0.05) is 29.8 Å². The van der Waals surface area contributed by atoms with Gasteiger partial charge >= 0.3 is 0 Å². The molecule has 0 aliphatic heterocycles. The Labute approximate surface area is 153 Å². The zero-order valence-electron chi connectivity index (χ0n) is 14.3. The predicted octanol–water partition coefficient (Wildman–Crippen LogP) is 3.61. The summed E-state index contributed by atoms with van der Waals surface area (Å²) in [5.74, 6) is -2.72. The molecule has 0 saturated heterocycles. The van der Waals surface area contributed by atoms with Gasteiger partial charge in [0.15, 0.2) is 0 Å². The van der Waals surface area contributed by atoms with Crippen molar-refractivity contribution in [3.63, 3.8) is 0 Å². The number of hydrogen-bond donors (Lipinski definition) is 2. The lowest BCUT2D eigenvalue weighted by Crippen LogP contribution is -2.24. The van der Waals surface area contributed by atoms with E-state index >= 15 is 0 Å². The average Bonchev–Trinajstić information content (AvgIpc) is 3.15. The number of benzene rings is 2. The van der Waals surface area contributed by atoms with Crippen LogP contribution in [0.2, 0.25) is 0 Å². The van der Waals surface area contributed by atoms with Gasteiger partial charge in [0.1, 0.15) is 17.7 Å². The molecule has 138 valence electrons. The Morgan fingerprint density at radius 1 is 1.04 bits per heavy atom. The molecule has 0 unspecified atom stereocenters. The molecule has 0 spiro atoms. The van der Waals surface area contributed by atoms with Gasteiger partial charge in [-0.1, -0.05) is 6.07 Å². The molecule has 1 heterocycles. The van der Waals surface area contributed by atoms with Crippen molar-refractivity contribution < 1.29 is 18.4 Å². The van der Waals surface area contributed by atoms with Crippen LogP contribution < -0.4 is 10.6 Å². The summed E-state index contributed by atoms with van der Waals surface area (Å²) in [6.45, 7) is 1.70. The van der Waals surface area contributed by atoms with Gasteiger partial charge in [-0.3, -0.25) is 14.3 Å². The first-order valence-corrected chi connectivity index (χ1v) is 8.10. The lowest BCUT2D eigenvalue weighted by atomic mass is 10.2. The Hall–Kier alpha value is -3.55. The average molecular weight is 370 g/mol. The maximum atomic E-state index is 13.7. The molecule has 8 heteroatoms. The molecular formula is C19H16F2N4O2. The number of halogens is 2. The molecule has 0 fully saturated rings. The molecule has 0 radical (unpaired) electrons. The first-order chi connectivity index (χ1) is 12.9. The van der Waals surface area contributed by atoms with Crippen molar-refractivity contribution in [2.45, 2.75) is 13.0 Å². The maximum Gasteiger partial charge on any atom is 0.258 e. The molecule has 3 rings (SSSR count). The van der Waals surface area contributed by atoms with E-state index in [2.05, 4.69) is 15.7 Å². The van der Waals surface area contributed by atoms with E-state index in [9.17, 15) is 18.4 Å². The van der Waals surface area contributed by atoms with Gasteiger partial charge in [-0.2, -0.15) is 5.10 Å². The van der Waals surface area contributed by atoms with E-state index in [0.29, 0.717) is 17.4 Å². The molecular weight excluding hydrogens is 354 g/mol. The summed E-state index contributed by atoms with van der Waals surface area (Å²) < 4.78 is 28.2. The number of amides is 2. The third-order valence-electron chi connectivity index (χ3n) is 3.86. The molecule has 2 aromatic carbocycles. The third kappa shape index (κ3) is 4.35. The van der Waals surface area contributed by atoms with E-state index in [-0.39, 0.29) is 11.5 Å². The van der Waals surface area contributed by atoms with Crippen LogP contribution in [0.3, 0.4) is 0 Å². The summed E-state index contributed by atoms with van der Waals surface area (Å²) in [6.07, 6.45) is 3.26. The standard InChI is InChI=1S/C19H16F2N4O2/c1-12(25-9-3-8-22-25)18(26)23-14-4-2-5-15(11-14)24-19(27)16-7-6-13(20)10-17(16)21/h2-12H,1H3,(H,23,26)(H,24,27)/t12-/m0/s1. The number of aromatic nitrogens is 2. The summed E-state index contributed by atoms with van der Waals surface area (Å²) in [6, 6.07) is 10.3. The first kappa shape index (κ1) is 18.2. The number of rotatable bonds is 5. The van der Waals surface area contributed by atoms with Gasteiger partial charge in [-0.25, -0.2) is 8.78 Å². The topological polar surface area (TPSA) is 76.0 Å². The van der Waals surface area contributed by atoms with E-state index in [1.54, 1.807) is 43.6 Å². The van der Waals surface area contributed by atoms with Crippen LogP contribution in [0.25, 0.3) is 0 Å². The largest absolute Gasteiger partial charge is 0.324 e. The zero-order chi connectivity index (χ0) is 19.4. The van der Waals surface area contributed by atoms with Crippen LogP contribution in [0, 0.1) is 11.6 Å². The van der Waals surface area contributed by atoms with Crippen molar-refractivity contribution in [3.8, 4) is 0 Å². The molecule has 3 aromatic rings. The van der Waals surface area contributed by atoms with Crippen molar-refractivity contribution in [1.82, 2.24) is 9.78 Å². The van der Waals surface area contributed by atoms with Gasteiger partial charge in [0.05, 0.1) is 5.56 Å².